The second-order valence-corrected chi connectivity index (χ2v) is 6.38. The maximum Gasteiger partial charge on any atom is 0.0722 e. The first-order chi connectivity index (χ1) is 10.4. The third-order valence-corrected chi connectivity index (χ3v) is 5.06. The molecule has 1 aromatic heterocycles. The molecule has 21 heavy (non-hydrogen) atoms. The van der Waals surface area contributed by atoms with Crippen LogP contribution in [0.25, 0.3) is 10.9 Å². The summed E-state index contributed by atoms with van der Waals surface area (Å²) in [6.45, 7) is 0. The molecule has 3 heteroatoms. The maximum atomic E-state index is 4.44. The van der Waals surface area contributed by atoms with Crippen LogP contribution in [0.1, 0.15) is 18.0 Å². The molecule has 0 bridgehead atoms. The number of hydrogen-bond donors (Lipinski definition) is 1. The monoisotopic (exact) mass is 292 g/mol. The summed E-state index contributed by atoms with van der Waals surface area (Å²) in [6, 6.07) is 19.5. The van der Waals surface area contributed by atoms with Gasteiger partial charge in [0, 0.05) is 27.9 Å². The lowest BCUT2D eigenvalue weighted by molar-refractivity contribution is 0.729. The van der Waals surface area contributed by atoms with Gasteiger partial charge in [-0.15, -0.1) is 11.8 Å². The smallest absolute Gasteiger partial charge is 0.0722 e. The molecule has 0 spiro atoms. The topological polar surface area (TPSA) is 24.9 Å². The van der Waals surface area contributed by atoms with Crippen molar-refractivity contribution in [3.8, 4) is 0 Å². The minimum absolute atomic E-state index is 0.383. The molecule has 4 rings (SSSR count). The third-order valence-electron chi connectivity index (χ3n) is 3.93. The van der Waals surface area contributed by atoms with Crippen LogP contribution >= 0.6 is 11.8 Å². The van der Waals surface area contributed by atoms with Crippen molar-refractivity contribution in [2.24, 2.45) is 0 Å². The summed E-state index contributed by atoms with van der Waals surface area (Å²) in [4.78, 5) is 5.84. The summed E-state index contributed by atoms with van der Waals surface area (Å²) in [5, 5.41) is 4.92. The van der Waals surface area contributed by atoms with E-state index in [0.717, 1.165) is 17.7 Å². The van der Waals surface area contributed by atoms with Gasteiger partial charge in [0.2, 0.25) is 0 Å². The van der Waals surface area contributed by atoms with E-state index in [0.29, 0.717) is 6.04 Å². The lowest BCUT2D eigenvalue weighted by atomic mass is 10.0. The van der Waals surface area contributed by atoms with E-state index in [1.54, 1.807) is 0 Å². The van der Waals surface area contributed by atoms with E-state index < -0.39 is 0 Å². The molecule has 0 aliphatic carbocycles. The molecular weight excluding hydrogens is 276 g/mol. The molecule has 0 radical (unpaired) electrons. The first-order valence-corrected chi connectivity index (χ1v) is 8.22. The lowest BCUT2D eigenvalue weighted by Crippen LogP contribution is -2.16. The molecule has 3 aromatic rings. The predicted molar refractivity (Wildman–Crippen MR) is 89.9 cm³/mol. The molecular formula is C18H16N2S. The van der Waals surface area contributed by atoms with E-state index in [9.17, 15) is 0 Å². The quantitative estimate of drug-likeness (QED) is 0.728. The Morgan fingerprint density at radius 2 is 1.95 bits per heavy atom. The van der Waals surface area contributed by atoms with Crippen LogP contribution in [0.2, 0.25) is 0 Å². The average molecular weight is 292 g/mol. The number of fused-ring (bicyclic) bond motifs is 2. The minimum atomic E-state index is 0.383. The number of rotatable bonds is 2. The summed E-state index contributed by atoms with van der Waals surface area (Å²) >= 11 is 1.95. The summed E-state index contributed by atoms with van der Waals surface area (Å²) in [5.74, 6) is 1.16. The summed E-state index contributed by atoms with van der Waals surface area (Å²) in [7, 11) is 0. The van der Waals surface area contributed by atoms with Crippen LogP contribution < -0.4 is 5.32 Å². The molecule has 1 N–H and O–H groups in total. The number of hydrogen-bond acceptors (Lipinski definition) is 3. The molecule has 1 atom stereocenters. The lowest BCUT2D eigenvalue weighted by Gasteiger charge is -2.27. The number of benzene rings is 2. The number of aromatic nitrogens is 1. The predicted octanol–water partition coefficient (Wildman–Crippen LogP) is 4.88. The molecule has 2 heterocycles. The Balaban J connectivity index is 1.73. The Bertz CT molecular complexity index is 780. The SMILES string of the molecule is c1ccc2c(c1)SCCC2Nc1cccc2ncccc12. The molecule has 104 valence electrons. The van der Waals surface area contributed by atoms with Crippen molar-refractivity contribution >= 4 is 28.4 Å². The molecule has 2 nitrogen and oxygen atoms in total. The number of pyridine rings is 1. The molecule has 1 unspecified atom stereocenters. The van der Waals surface area contributed by atoms with Gasteiger partial charge in [0.15, 0.2) is 0 Å². The fraction of sp³-hybridized carbons (Fsp3) is 0.167. The maximum absolute atomic E-state index is 4.44. The molecule has 1 aliphatic heterocycles. The van der Waals surface area contributed by atoms with Crippen molar-refractivity contribution in [2.75, 3.05) is 11.1 Å². The largest absolute Gasteiger partial charge is 0.378 e. The zero-order valence-corrected chi connectivity index (χ0v) is 12.4. The van der Waals surface area contributed by atoms with E-state index in [1.165, 1.54) is 21.5 Å². The Labute approximate surface area is 128 Å². The van der Waals surface area contributed by atoms with E-state index in [1.807, 2.05) is 24.0 Å². The van der Waals surface area contributed by atoms with Gasteiger partial charge in [-0.1, -0.05) is 24.3 Å². The Kier molecular flexibility index (Phi) is 3.28. The third kappa shape index (κ3) is 2.38. The van der Waals surface area contributed by atoms with Gasteiger partial charge in [0.05, 0.1) is 11.6 Å². The van der Waals surface area contributed by atoms with Gasteiger partial charge in [-0.2, -0.15) is 0 Å². The van der Waals surface area contributed by atoms with E-state index in [2.05, 4.69) is 58.8 Å². The van der Waals surface area contributed by atoms with Crippen molar-refractivity contribution in [3.05, 3.63) is 66.4 Å². The summed E-state index contributed by atoms with van der Waals surface area (Å²) in [6.07, 6.45) is 3.00. The van der Waals surface area contributed by atoms with E-state index in [-0.39, 0.29) is 0 Å². The van der Waals surface area contributed by atoms with Crippen LogP contribution in [-0.2, 0) is 0 Å². The first-order valence-electron chi connectivity index (χ1n) is 7.24. The van der Waals surface area contributed by atoms with E-state index >= 15 is 0 Å². The highest BCUT2D eigenvalue weighted by Crippen LogP contribution is 2.38. The van der Waals surface area contributed by atoms with Crippen molar-refractivity contribution in [1.29, 1.82) is 0 Å². The average Bonchev–Trinajstić information content (AvgIpc) is 2.56. The number of nitrogens with one attached hydrogen (secondary N) is 1. The Morgan fingerprint density at radius 1 is 1.00 bits per heavy atom. The standard InChI is InChI=1S/C18H16N2S/c1-2-9-18-14(5-1)17(10-12-21-18)20-16-8-3-7-15-13(16)6-4-11-19-15/h1-9,11,17,20H,10,12H2. The highest BCUT2D eigenvalue weighted by molar-refractivity contribution is 7.99. The number of nitrogens with zero attached hydrogens (tertiary/aromatic N) is 1. The zero-order chi connectivity index (χ0) is 14.1. The molecule has 0 fully saturated rings. The van der Waals surface area contributed by atoms with Gasteiger partial charge in [0.1, 0.15) is 0 Å². The molecule has 0 amide bonds. The highest BCUT2D eigenvalue weighted by atomic mass is 32.2. The molecule has 2 aromatic carbocycles. The second-order valence-electron chi connectivity index (χ2n) is 5.25. The van der Waals surface area contributed by atoms with Crippen molar-refractivity contribution in [2.45, 2.75) is 17.4 Å². The van der Waals surface area contributed by atoms with Crippen LogP contribution in [0.4, 0.5) is 5.69 Å². The van der Waals surface area contributed by atoms with Crippen LogP contribution in [0.5, 0.6) is 0 Å². The van der Waals surface area contributed by atoms with Crippen LogP contribution in [0, 0.1) is 0 Å². The second kappa shape index (κ2) is 5.41. The summed E-state index contributed by atoms with van der Waals surface area (Å²) < 4.78 is 0. The normalized spacial score (nSPS) is 17.4. The van der Waals surface area contributed by atoms with Gasteiger partial charge in [-0.25, -0.2) is 0 Å². The van der Waals surface area contributed by atoms with Crippen molar-refractivity contribution in [1.82, 2.24) is 4.98 Å². The fourth-order valence-electron chi connectivity index (χ4n) is 2.91. The first kappa shape index (κ1) is 12.7. The fourth-order valence-corrected chi connectivity index (χ4v) is 4.03. The van der Waals surface area contributed by atoms with E-state index in [4.69, 9.17) is 0 Å². The Morgan fingerprint density at radius 3 is 2.95 bits per heavy atom. The molecule has 0 saturated carbocycles. The van der Waals surface area contributed by atoms with Crippen LogP contribution in [-0.4, -0.2) is 10.7 Å². The van der Waals surface area contributed by atoms with Gasteiger partial charge in [-0.3, -0.25) is 4.98 Å². The minimum Gasteiger partial charge on any atom is -0.378 e. The zero-order valence-electron chi connectivity index (χ0n) is 11.6. The van der Waals surface area contributed by atoms with Crippen LogP contribution in [0.3, 0.4) is 0 Å². The van der Waals surface area contributed by atoms with Crippen molar-refractivity contribution < 1.29 is 0 Å². The van der Waals surface area contributed by atoms with Crippen LogP contribution in [0.15, 0.2) is 65.7 Å². The highest BCUT2D eigenvalue weighted by Gasteiger charge is 2.20. The molecule has 1 aliphatic rings. The van der Waals surface area contributed by atoms with Crippen molar-refractivity contribution in [3.63, 3.8) is 0 Å². The Hall–Kier alpha value is -2.00. The number of anilines is 1. The summed E-state index contributed by atoms with van der Waals surface area (Å²) in [5.41, 5.74) is 3.63. The van der Waals surface area contributed by atoms with Gasteiger partial charge >= 0.3 is 0 Å². The molecule has 0 saturated heterocycles. The van der Waals surface area contributed by atoms with Gasteiger partial charge in [0.25, 0.3) is 0 Å². The van der Waals surface area contributed by atoms with Gasteiger partial charge < -0.3 is 5.32 Å². The number of thioether (sulfide) groups is 1. The van der Waals surface area contributed by atoms with Gasteiger partial charge in [-0.05, 0) is 42.3 Å².